The van der Waals surface area contributed by atoms with Crippen molar-refractivity contribution in [3.05, 3.63) is 35.2 Å². The molecular formula is C16H16ClN3O4. The molecule has 2 atom stereocenters. The Balaban J connectivity index is 1.56. The van der Waals surface area contributed by atoms with Gasteiger partial charge >= 0.3 is 5.97 Å². The molecule has 1 fully saturated rings. The van der Waals surface area contributed by atoms with Crippen molar-refractivity contribution in [2.75, 3.05) is 0 Å². The molecule has 24 heavy (non-hydrogen) atoms. The number of nitrogens with zero attached hydrogens (tertiary/aromatic N) is 2. The number of hydrogen-bond donors (Lipinski definition) is 2. The Morgan fingerprint density at radius 2 is 2.12 bits per heavy atom. The van der Waals surface area contributed by atoms with E-state index in [0.717, 1.165) is 5.56 Å². The molecule has 0 bridgehead atoms. The van der Waals surface area contributed by atoms with E-state index < -0.39 is 11.9 Å². The Morgan fingerprint density at radius 1 is 1.33 bits per heavy atom. The molecule has 0 aliphatic heterocycles. The number of amides is 1. The highest BCUT2D eigenvalue weighted by Gasteiger charge is 2.33. The lowest BCUT2D eigenvalue weighted by atomic mass is 10.0. The van der Waals surface area contributed by atoms with E-state index in [4.69, 9.17) is 21.2 Å². The van der Waals surface area contributed by atoms with Crippen LogP contribution in [0.4, 0.5) is 0 Å². The van der Waals surface area contributed by atoms with Crippen molar-refractivity contribution < 1.29 is 19.2 Å². The lowest BCUT2D eigenvalue weighted by molar-refractivity contribution is -0.141. The van der Waals surface area contributed by atoms with Gasteiger partial charge in [0.15, 0.2) is 0 Å². The predicted octanol–water partition coefficient (Wildman–Crippen LogP) is 2.51. The van der Waals surface area contributed by atoms with E-state index in [1.54, 1.807) is 18.2 Å². The molecule has 0 unspecified atom stereocenters. The first-order valence-electron chi connectivity index (χ1n) is 7.62. The molecule has 1 aliphatic rings. The molecule has 1 aromatic carbocycles. The second kappa shape index (κ2) is 7.00. The number of carboxylic acids is 1. The van der Waals surface area contributed by atoms with Crippen LogP contribution < -0.4 is 5.32 Å². The second-order valence-corrected chi connectivity index (χ2v) is 6.22. The number of halogens is 1. The van der Waals surface area contributed by atoms with E-state index >= 15 is 0 Å². The van der Waals surface area contributed by atoms with E-state index in [1.165, 1.54) is 0 Å². The zero-order valence-electron chi connectivity index (χ0n) is 12.7. The number of carboxylic acid groups (broad SMARTS) is 1. The maximum atomic E-state index is 12.1. The van der Waals surface area contributed by atoms with Gasteiger partial charge in [0.2, 0.25) is 17.6 Å². The van der Waals surface area contributed by atoms with E-state index in [2.05, 4.69) is 15.5 Å². The van der Waals surface area contributed by atoms with Crippen LogP contribution in [0.25, 0.3) is 11.4 Å². The Kier molecular flexibility index (Phi) is 4.80. The summed E-state index contributed by atoms with van der Waals surface area (Å²) in [6, 6.07) is 7.07. The summed E-state index contributed by atoms with van der Waals surface area (Å²) >= 11 is 5.93. The largest absolute Gasteiger partial charge is 0.481 e. The average molecular weight is 350 g/mol. The van der Waals surface area contributed by atoms with Crippen molar-refractivity contribution >= 4 is 23.5 Å². The number of hydrogen-bond acceptors (Lipinski definition) is 5. The van der Waals surface area contributed by atoms with Crippen molar-refractivity contribution in [2.24, 2.45) is 11.8 Å². The summed E-state index contributed by atoms with van der Waals surface area (Å²) in [5.74, 6) is -1.05. The summed E-state index contributed by atoms with van der Waals surface area (Å²) in [4.78, 5) is 27.3. The molecule has 2 N–H and O–H groups in total. The van der Waals surface area contributed by atoms with Gasteiger partial charge in [-0.25, -0.2) is 0 Å². The van der Waals surface area contributed by atoms with Gasteiger partial charge in [-0.15, -0.1) is 0 Å². The van der Waals surface area contributed by atoms with Crippen LogP contribution in [0, 0.1) is 11.8 Å². The number of benzene rings is 1. The van der Waals surface area contributed by atoms with Crippen molar-refractivity contribution in [3.8, 4) is 11.4 Å². The fourth-order valence-electron chi connectivity index (χ4n) is 2.82. The molecule has 1 aliphatic carbocycles. The van der Waals surface area contributed by atoms with Crippen molar-refractivity contribution in [1.82, 2.24) is 15.5 Å². The fourth-order valence-corrected chi connectivity index (χ4v) is 3.01. The van der Waals surface area contributed by atoms with Crippen LogP contribution in [-0.4, -0.2) is 27.1 Å². The first-order valence-corrected chi connectivity index (χ1v) is 8.00. The molecule has 3 rings (SSSR count). The Labute approximate surface area is 143 Å². The van der Waals surface area contributed by atoms with Crippen molar-refractivity contribution in [1.29, 1.82) is 0 Å². The molecule has 1 aromatic heterocycles. The fraction of sp³-hybridized carbons (Fsp3) is 0.375. The number of aliphatic carboxylic acids is 1. The molecule has 0 spiro atoms. The van der Waals surface area contributed by atoms with Crippen LogP contribution >= 0.6 is 11.6 Å². The normalized spacial score (nSPS) is 20.0. The summed E-state index contributed by atoms with van der Waals surface area (Å²) in [7, 11) is 0. The topological polar surface area (TPSA) is 105 Å². The summed E-state index contributed by atoms with van der Waals surface area (Å²) < 4.78 is 5.12. The number of rotatable bonds is 5. The lowest BCUT2D eigenvalue weighted by Gasteiger charge is -2.08. The number of nitrogens with one attached hydrogen (secondary N) is 1. The Hall–Kier alpha value is -2.41. The van der Waals surface area contributed by atoms with E-state index in [0.29, 0.717) is 30.1 Å². The molecular weight excluding hydrogens is 334 g/mol. The van der Waals surface area contributed by atoms with Crippen LogP contribution in [0.15, 0.2) is 28.8 Å². The quantitative estimate of drug-likeness (QED) is 0.859. The van der Waals surface area contributed by atoms with Gasteiger partial charge in [-0.3, -0.25) is 9.59 Å². The maximum absolute atomic E-state index is 12.1. The monoisotopic (exact) mass is 349 g/mol. The smallest absolute Gasteiger partial charge is 0.306 e. The minimum Gasteiger partial charge on any atom is -0.481 e. The SMILES string of the molecule is O=C(O)[C@@H]1CC[C@H](C(=O)NCc2nc(-c3cccc(Cl)c3)no2)C1. The molecule has 2 aromatic rings. The molecule has 7 nitrogen and oxygen atoms in total. The van der Waals surface area contributed by atoms with Crippen molar-refractivity contribution in [2.45, 2.75) is 25.8 Å². The van der Waals surface area contributed by atoms with E-state index in [1.807, 2.05) is 6.07 Å². The highest BCUT2D eigenvalue weighted by atomic mass is 35.5. The Bertz CT molecular complexity index is 761. The molecule has 126 valence electrons. The first-order chi connectivity index (χ1) is 11.5. The molecule has 1 amide bonds. The van der Waals surface area contributed by atoms with Crippen LogP contribution in [-0.2, 0) is 16.1 Å². The van der Waals surface area contributed by atoms with Crippen LogP contribution in [0.1, 0.15) is 25.2 Å². The van der Waals surface area contributed by atoms with Crippen LogP contribution in [0.2, 0.25) is 5.02 Å². The average Bonchev–Trinajstić information content (AvgIpc) is 3.22. The third-order valence-corrected chi connectivity index (χ3v) is 4.35. The molecule has 1 saturated carbocycles. The summed E-state index contributed by atoms with van der Waals surface area (Å²) in [5.41, 5.74) is 0.726. The molecule has 0 radical (unpaired) electrons. The zero-order valence-corrected chi connectivity index (χ0v) is 13.5. The number of carbonyl (C=O) groups is 2. The third kappa shape index (κ3) is 3.73. The van der Waals surface area contributed by atoms with Gasteiger partial charge in [-0.1, -0.05) is 28.9 Å². The maximum Gasteiger partial charge on any atom is 0.306 e. The highest BCUT2D eigenvalue weighted by Crippen LogP contribution is 2.31. The zero-order chi connectivity index (χ0) is 17.1. The molecule has 0 saturated heterocycles. The first kappa shape index (κ1) is 16.4. The van der Waals surface area contributed by atoms with Crippen LogP contribution in [0.5, 0.6) is 0 Å². The van der Waals surface area contributed by atoms with Gasteiger partial charge in [0.1, 0.15) is 0 Å². The number of aromatic nitrogens is 2. The summed E-state index contributed by atoms with van der Waals surface area (Å²) in [5, 5.41) is 16.1. The second-order valence-electron chi connectivity index (χ2n) is 5.79. The minimum atomic E-state index is -0.839. The standard InChI is InChI=1S/C16H16ClN3O4/c17-12-3-1-2-9(7-12)14-19-13(24-20-14)8-18-15(21)10-4-5-11(6-10)16(22)23/h1-3,7,10-11H,4-6,8H2,(H,18,21)(H,22,23)/t10-,11+/m0/s1. The number of carbonyl (C=O) groups excluding carboxylic acids is 1. The van der Waals surface area contributed by atoms with Gasteiger partial charge in [0.25, 0.3) is 0 Å². The Morgan fingerprint density at radius 3 is 2.83 bits per heavy atom. The lowest BCUT2D eigenvalue weighted by Crippen LogP contribution is -2.29. The van der Waals surface area contributed by atoms with Gasteiger partial charge < -0.3 is 14.9 Å². The van der Waals surface area contributed by atoms with E-state index in [-0.39, 0.29) is 24.3 Å². The minimum absolute atomic E-state index is 0.112. The summed E-state index contributed by atoms with van der Waals surface area (Å²) in [6.45, 7) is 0.112. The third-order valence-electron chi connectivity index (χ3n) is 4.12. The van der Waals surface area contributed by atoms with Crippen LogP contribution in [0.3, 0.4) is 0 Å². The van der Waals surface area contributed by atoms with Gasteiger partial charge in [0, 0.05) is 16.5 Å². The van der Waals surface area contributed by atoms with Gasteiger partial charge in [-0.05, 0) is 31.4 Å². The predicted molar refractivity (Wildman–Crippen MR) is 85.1 cm³/mol. The highest BCUT2D eigenvalue weighted by molar-refractivity contribution is 6.30. The summed E-state index contributed by atoms with van der Waals surface area (Å²) in [6.07, 6.45) is 1.49. The van der Waals surface area contributed by atoms with E-state index in [9.17, 15) is 9.59 Å². The van der Waals surface area contributed by atoms with Gasteiger partial charge in [-0.2, -0.15) is 4.98 Å². The van der Waals surface area contributed by atoms with Gasteiger partial charge in [0.05, 0.1) is 12.5 Å². The molecule has 1 heterocycles. The molecule has 8 heteroatoms. The van der Waals surface area contributed by atoms with Crippen molar-refractivity contribution in [3.63, 3.8) is 0 Å².